The minimum absolute atomic E-state index is 0.0577. The Labute approximate surface area is 174 Å². The number of phenolic OH excluding ortho intramolecular Hbond substituents is 4. The molecule has 0 spiro atoms. The summed E-state index contributed by atoms with van der Waals surface area (Å²) in [6, 6.07) is 5.96. The van der Waals surface area contributed by atoms with Crippen LogP contribution in [-0.2, 0) is 9.47 Å². The molecule has 0 saturated carbocycles. The number of phenols is 4. The first kappa shape index (κ1) is 21.2. The van der Waals surface area contributed by atoms with E-state index in [9.17, 15) is 40.5 Å². The maximum absolute atomic E-state index is 13.2. The molecule has 6 atom stereocenters. The number of benzene rings is 2. The number of aromatic hydroxyl groups is 4. The van der Waals surface area contributed by atoms with Gasteiger partial charge in [0.1, 0.15) is 41.1 Å². The third-order valence-electron chi connectivity index (χ3n) is 5.19. The fourth-order valence-corrected chi connectivity index (χ4v) is 3.59. The van der Waals surface area contributed by atoms with E-state index in [1.165, 1.54) is 18.2 Å². The van der Waals surface area contributed by atoms with Gasteiger partial charge in [0.25, 0.3) is 0 Å². The van der Waals surface area contributed by atoms with Crippen molar-refractivity contribution in [3.05, 3.63) is 41.5 Å². The van der Waals surface area contributed by atoms with Gasteiger partial charge in [0.15, 0.2) is 30.0 Å². The third kappa shape index (κ3) is 3.62. The molecule has 4 rings (SSSR count). The molecule has 2 aliphatic heterocycles. The minimum atomic E-state index is -1.72. The summed E-state index contributed by atoms with van der Waals surface area (Å²) in [5.74, 6) is -3.09. The van der Waals surface area contributed by atoms with Crippen molar-refractivity contribution < 1.29 is 54.8 Å². The number of hydrogen-bond acceptors (Lipinski definition) is 11. The van der Waals surface area contributed by atoms with Crippen molar-refractivity contribution in [3.8, 4) is 28.7 Å². The van der Waals surface area contributed by atoms with E-state index in [1.807, 2.05) is 0 Å². The van der Waals surface area contributed by atoms with Crippen molar-refractivity contribution in [1.82, 2.24) is 0 Å². The molecular weight excluding hydrogens is 416 g/mol. The zero-order valence-electron chi connectivity index (χ0n) is 15.8. The molecule has 166 valence electrons. The standard InChI is InChI=1S/C20H20O11/c21-7-4-10(23)13-12(5-7)30-18(8-2-1-3-9(22)14(8)25)19(16(13)27)31-20-17(28)15(26)11(24)6-29-20/h1-5,11,15,17-26,28H,6H2. The summed E-state index contributed by atoms with van der Waals surface area (Å²) in [5.41, 5.74) is -0.373. The van der Waals surface area contributed by atoms with Crippen LogP contribution in [0.5, 0.6) is 28.7 Å². The summed E-state index contributed by atoms with van der Waals surface area (Å²) in [6.07, 6.45) is -9.26. The highest BCUT2D eigenvalue weighted by molar-refractivity contribution is 6.05. The summed E-state index contributed by atoms with van der Waals surface area (Å²) in [6.45, 7) is -0.386. The predicted octanol–water partition coefficient (Wildman–Crippen LogP) is -0.350. The summed E-state index contributed by atoms with van der Waals surface area (Å²) < 4.78 is 16.5. The number of aliphatic hydroxyl groups excluding tert-OH is 3. The number of hydrogen-bond donors (Lipinski definition) is 7. The first-order valence-electron chi connectivity index (χ1n) is 9.28. The second-order valence-corrected chi connectivity index (χ2v) is 7.26. The van der Waals surface area contributed by atoms with Gasteiger partial charge in [-0.1, -0.05) is 12.1 Å². The number of fused-ring (bicyclic) bond motifs is 1. The van der Waals surface area contributed by atoms with E-state index in [0.717, 1.165) is 12.1 Å². The van der Waals surface area contributed by atoms with Gasteiger partial charge in [-0.2, -0.15) is 0 Å². The van der Waals surface area contributed by atoms with Crippen LogP contribution in [0.2, 0.25) is 0 Å². The maximum Gasteiger partial charge on any atom is 0.203 e. The largest absolute Gasteiger partial charge is 0.508 e. The Hall–Kier alpha value is -3.09. The number of carbonyl (C=O) groups excluding carboxylic acids is 1. The lowest BCUT2D eigenvalue weighted by atomic mass is 9.91. The number of ketones is 1. The minimum Gasteiger partial charge on any atom is -0.508 e. The Kier molecular flexibility index (Phi) is 5.37. The SMILES string of the molecule is O=C1c2c(O)cc(O)cc2OC(c2cccc(O)c2O)C1OC1OCC(O)C(O)C1O. The number of Topliss-reactive ketones (excluding diaryl/α,β-unsaturated/α-hetero) is 1. The smallest absolute Gasteiger partial charge is 0.203 e. The van der Waals surface area contributed by atoms with E-state index in [0.29, 0.717) is 0 Å². The van der Waals surface area contributed by atoms with E-state index < -0.39 is 59.8 Å². The van der Waals surface area contributed by atoms with Crippen LogP contribution >= 0.6 is 0 Å². The van der Waals surface area contributed by atoms with Crippen LogP contribution in [-0.4, -0.2) is 78.8 Å². The van der Waals surface area contributed by atoms with Crippen LogP contribution in [0.15, 0.2) is 30.3 Å². The maximum atomic E-state index is 13.2. The number of aliphatic hydroxyl groups is 3. The molecule has 11 heteroatoms. The third-order valence-corrected chi connectivity index (χ3v) is 5.19. The highest BCUT2D eigenvalue weighted by atomic mass is 16.7. The zero-order valence-corrected chi connectivity index (χ0v) is 15.8. The summed E-state index contributed by atoms with van der Waals surface area (Å²) in [7, 11) is 0. The van der Waals surface area contributed by atoms with E-state index in [2.05, 4.69) is 0 Å². The molecule has 2 aromatic rings. The Morgan fingerprint density at radius 2 is 1.71 bits per heavy atom. The Morgan fingerprint density at radius 1 is 0.968 bits per heavy atom. The molecular formula is C20H20O11. The highest BCUT2D eigenvalue weighted by Crippen LogP contribution is 2.46. The van der Waals surface area contributed by atoms with Crippen LogP contribution < -0.4 is 4.74 Å². The molecule has 2 aliphatic rings. The van der Waals surface area contributed by atoms with Crippen molar-refractivity contribution in [3.63, 3.8) is 0 Å². The van der Waals surface area contributed by atoms with Crippen LogP contribution in [0.3, 0.4) is 0 Å². The molecule has 7 N–H and O–H groups in total. The molecule has 0 bridgehead atoms. The molecule has 2 aromatic carbocycles. The highest BCUT2D eigenvalue weighted by Gasteiger charge is 2.47. The second kappa shape index (κ2) is 7.87. The van der Waals surface area contributed by atoms with Crippen LogP contribution in [0.4, 0.5) is 0 Å². The molecule has 1 fully saturated rings. The van der Waals surface area contributed by atoms with Gasteiger partial charge in [0.2, 0.25) is 5.78 Å². The van der Waals surface area contributed by atoms with E-state index in [-0.39, 0.29) is 29.2 Å². The van der Waals surface area contributed by atoms with Gasteiger partial charge in [-0.25, -0.2) is 0 Å². The van der Waals surface area contributed by atoms with Gasteiger partial charge in [-0.15, -0.1) is 0 Å². The average Bonchev–Trinajstić information content (AvgIpc) is 2.71. The summed E-state index contributed by atoms with van der Waals surface area (Å²) >= 11 is 0. The molecule has 6 unspecified atom stereocenters. The van der Waals surface area contributed by atoms with E-state index in [4.69, 9.17) is 14.2 Å². The van der Waals surface area contributed by atoms with Crippen molar-refractivity contribution in [2.24, 2.45) is 0 Å². The fraction of sp³-hybridized carbons (Fsp3) is 0.350. The number of carbonyl (C=O) groups is 1. The predicted molar refractivity (Wildman–Crippen MR) is 99.9 cm³/mol. The Balaban J connectivity index is 1.77. The van der Waals surface area contributed by atoms with Crippen molar-refractivity contribution in [2.75, 3.05) is 6.61 Å². The molecule has 0 aromatic heterocycles. The molecule has 2 heterocycles. The van der Waals surface area contributed by atoms with Gasteiger partial charge < -0.3 is 50.0 Å². The van der Waals surface area contributed by atoms with Gasteiger partial charge in [-0.3, -0.25) is 4.79 Å². The van der Waals surface area contributed by atoms with Crippen LogP contribution in [0.25, 0.3) is 0 Å². The number of rotatable bonds is 3. The lowest BCUT2D eigenvalue weighted by molar-refractivity contribution is -0.283. The van der Waals surface area contributed by atoms with Gasteiger partial charge in [0, 0.05) is 17.7 Å². The Morgan fingerprint density at radius 3 is 2.45 bits per heavy atom. The van der Waals surface area contributed by atoms with Crippen molar-refractivity contribution in [1.29, 1.82) is 0 Å². The topological polar surface area (TPSA) is 186 Å². The zero-order chi connectivity index (χ0) is 22.4. The second-order valence-electron chi connectivity index (χ2n) is 7.26. The molecule has 0 amide bonds. The van der Waals surface area contributed by atoms with Crippen LogP contribution in [0.1, 0.15) is 22.0 Å². The van der Waals surface area contributed by atoms with Gasteiger partial charge in [0.05, 0.1) is 6.61 Å². The molecule has 0 aliphatic carbocycles. The normalized spacial score (nSPS) is 30.5. The monoisotopic (exact) mass is 436 g/mol. The lowest BCUT2D eigenvalue weighted by Gasteiger charge is -2.39. The fourth-order valence-electron chi connectivity index (χ4n) is 3.59. The average molecular weight is 436 g/mol. The quantitative estimate of drug-likeness (QED) is 0.312. The summed E-state index contributed by atoms with van der Waals surface area (Å²) in [5, 5.41) is 69.7. The van der Waals surface area contributed by atoms with Gasteiger partial charge in [-0.05, 0) is 6.07 Å². The van der Waals surface area contributed by atoms with E-state index >= 15 is 0 Å². The van der Waals surface area contributed by atoms with Crippen LogP contribution in [0, 0.1) is 0 Å². The van der Waals surface area contributed by atoms with E-state index in [1.54, 1.807) is 0 Å². The first-order valence-corrected chi connectivity index (χ1v) is 9.28. The molecule has 31 heavy (non-hydrogen) atoms. The number of ether oxygens (including phenoxy) is 3. The first-order chi connectivity index (χ1) is 14.7. The number of para-hydroxylation sites is 1. The molecule has 1 saturated heterocycles. The molecule has 0 radical (unpaired) electrons. The van der Waals surface area contributed by atoms with Crippen molar-refractivity contribution in [2.45, 2.75) is 36.8 Å². The lowest BCUT2D eigenvalue weighted by Crippen LogP contribution is -2.56. The molecule has 11 nitrogen and oxygen atoms in total. The Bertz CT molecular complexity index is 1010. The van der Waals surface area contributed by atoms with Crippen molar-refractivity contribution >= 4 is 5.78 Å². The summed E-state index contributed by atoms with van der Waals surface area (Å²) in [4.78, 5) is 13.2. The van der Waals surface area contributed by atoms with Gasteiger partial charge >= 0.3 is 0 Å².